The van der Waals surface area contributed by atoms with Crippen LogP contribution in [-0.4, -0.2) is 24.3 Å². The first kappa shape index (κ1) is 17.4. The minimum Gasteiger partial charge on any atom is -0.396 e. The molecule has 6 heteroatoms. The number of halogens is 2. The third-order valence-corrected chi connectivity index (χ3v) is 3.94. The van der Waals surface area contributed by atoms with Gasteiger partial charge in [0.1, 0.15) is 0 Å². The number of hydrogen-bond acceptors (Lipinski definition) is 2. The predicted octanol–water partition coefficient (Wildman–Crippen LogP) is 3.28. The van der Waals surface area contributed by atoms with Gasteiger partial charge < -0.3 is 15.7 Å². The molecule has 1 aromatic carbocycles. The molecule has 2 amide bonds. The van der Waals surface area contributed by atoms with Gasteiger partial charge in [-0.1, -0.05) is 13.8 Å². The molecule has 0 heterocycles. The average Bonchev–Trinajstić information content (AvgIpc) is 2.47. The number of nitrogens with one attached hydrogen (secondary N) is 2. The summed E-state index contributed by atoms with van der Waals surface area (Å²) in [4.78, 5) is 11.8. The predicted molar refractivity (Wildman–Crippen MR) is 78.1 cm³/mol. The summed E-state index contributed by atoms with van der Waals surface area (Å²) >= 11 is 0. The fourth-order valence-electron chi connectivity index (χ4n) is 2.20. The summed E-state index contributed by atoms with van der Waals surface area (Å²) < 4.78 is 25.8. The van der Waals surface area contributed by atoms with Crippen LogP contribution in [0.3, 0.4) is 0 Å². The van der Waals surface area contributed by atoms with E-state index < -0.39 is 17.7 Å². The summed E-state index contributed by atoms with van der Waals surface area (Å²) in [6, 6.07) is 2.69. The smallest absolute Gasteiger partial charge is 0.319 e. The normalized spacial score (nSPS) is 11.3. The van der Waals surface area contributed by atoms with Crippen molar-refractivity contribution in [1.29, 1.82) is 0 Å². The van der Waals surface area contributed by atoms with E-state index in [-0.39, 0.29) is 17.7 Å². The van der Waals surface area contributed by atoms with Crippen LogP contribution in [0.15, 0.2) is 18.2 Å². The molecule has 0 aromatic heterocycles. The van der Waals surface area contributed by atoms with Crippen molar-refractivity contribution in [3.63, 3.8) is 0 Å². The third kappa shape index (κ3) is 4.97. The molecule has 0 bridgehead atoms. The highest BCUT2D eigenvalue weighted by Gasteiger charge is 2.26. The van der Waals surface area contributed by atoms with E-state index in [2.05, 4.69) is 10.6 Å². The number of rotatable bonds is 7. The molecule has 3 N–H and O–H groups in total. The molecule has 1 rings (SSSR count). The second-order valence-electron chi connectivity index (χ2n) is 5.12. The molecule has 0 radical (unpaired) electrons. The molecule has 0 spiro atoms. The van der Waals surface area contributed by atoms with Crippen LogP contribution in [0.4, 0.5) is 19.3 Å². The summed E-state index contributed by atoms with van der Waals surface area (Å²) in [5.74, 6) is -1.97. The first-order valence-electron chi connectivity index (χ1n) is 7.07. The van der Waals surface area contributed by atoms with Gasteiger partial charge in [-0.2, -0.15) is 0 Å². The van der Waals surface area contributed by atoms with Crippen molar-refractivity contribution < 1.29 is 18.7 Å². The highest BCUT2D eigenvalue weighted by atomic mass is 19.2. The van der Waals surface area contributed by atoms with Crippen LogP contribution < -0.4 is 10.6 Å². The second kappa shape index (κ2) is 7.93. The molecule has 0 saturated heterocycles. The van der Waals surface area contributed by atoms with Crippen LogP contribution in [0.2, 0.25) is 0 Å². The molecule has 0 aliphatic carbocycles. The van der Waals surface area contributed by atoms with Gasteiger partial charge in [-0.15, -0.1) is 0 Å². The maximum atomic E-state index is 13.0. The molecule has 21 heavy (non-hydrogen) atoms. The standard InChI is InChI=1S/C15H22F2N2O2/c1-3-15(4-2,7-8-20)10-18-14(21)19-11-5-6-12(16)13(17)9-11/h5-6,9,20H,3-4,7-8,10H2,1-2H3,(H2,18,19,21). The Kier molecular flexibility index (Phi) is 6.55. The summed E-state index contributed by atoms with van der Waals surface area (Å²) in [7, 11) is 0. The Balaban J connectivity index is 2.58. The van der Waals surface area contributed by atoms with Gasteiger partial charge in [-0.25, -0.2) is 13.6 Å². The quantitative estimate of drug-likeness (QED) is 0.723. The van der Waals surface area contributed by atoms with Crippen molar-refractivity contribution in [2.24, 2.45) is 5.41 Å². The zero-order valence-electron chi connectivity index (χ0n) is 12.4. The number of hydrogen-bond donors (Lipinski definition) is 3. The Morgan fingerprint density at radius 2 is 1.90 bits per heavy atom. The number of carbonyl (C=O) groups is 1. The highest BCUT2D eigenvalue weighted by molar-refractivity contribution is 5.89. The number of amides is 2. The molecule has 0 fully saturated rings. The molecule has 1 aromatic rings. The lowest BCUT2D eigenvalue weighted by molar-refractivity contribution is 0.165. The van der Waals surface area contributed by atoms with Crippen LogP contribution in [0.1, 0.15) is 33.1 Å². The Hall–Kier alpha value is -1.69. The van der Waals surface area contributed by atoms with E-state index in [0.717, 1.165) is 25.0 Å². The number of aliphatic hydroxyl groups excluding tert-OH is 1. The van der Waals surface area contributed by atoms with E-state index in [1.807, 2.05) is 13.8 Å². The Bertz CT molecular complexity index is 477. The van der Waals surface area contributed by atoms with E-state index in [1.165, 1.54) is 6.07 Å². The van der Waals surface area contributed by atoms with Crippen LogP contribution >= 0.6 is 0 Å². The van der Waals surface area contributed by atoms with Crippen molar-refractivity contribution in [1.82, 2.24) is 5.32 Å². The first-order chi connectivity index (χ1) is 9.96. The van der Waals surface area contributed by atoms with Gasteiger partial charge in [0, 0.05) is 24.9 Å². The Morgan fingerprint density at radius 3 is 2.43 bits per heavy atom. The SMILES string of the molecule is CCC(CC)(CCO)CNC(=O)Nc1ccc(F)c(F)c1. The number of anilines is 1. The largest absolute Gasteiger partial charge is 0.396 e. The molecule has 0 unspecified atom stereocenters. The Labute approximate surface area is 123 Å². The zero-order chi connectivity index (χ0) is 15.9. The minimum absolute atomic E-state index is 0.0636. The molecule has 0 aliphatic heterocycles. The van der Waals surface area contributed by atoms with E-state index in [4.69, 9.17) is 5.11 Å². The number of urea groups is 1. The van der Waals surface area contributed by atoms with Gasteiger partial charge in [0.05, 0.1) is 0 Å². The highest BCUT2D eigenvalue weighted by Crippen LogP contribution is 2.29. The number of benzene rings is 1. The zero-order valence-corrected chi connectivity index (χ0v) is 12.4. The fourth-order valence-corrected chi connectivity index (χ4v) is 2.20. The molecular weight excluding hydrogens is 278 g/mol. The van der Waals surface area contributed by atoms with E-state index >= 15 is 0 Å². The lowest BCUT2D eigenvalue weighted by atomic mass is 9.79. The average molecular weight is 300 g/mol. The van der Waals surface area contributed by atoms with Gasteiger partial charge in [0.25, 0.3) is 0 Å². The minimum atomic E-state index is -1.01. The molecule has 0 saturated carbocycles. The molecule has 0 aliphatic rings. The van der Waals surface area contributed by atoms with Crippen LogP contribution in [0, 0.1) is 17.0 Å². The Morgan fingerprint density at radius 1 is 1.24 bits per heavy atom. The van der Waals surface area contributed by atoms with Crippen molar-refractivity contribution in [3.05, 3.63) is 29.8 Å². The van der Waals surface area contributed by atoms with E-state index in [1.54, 1.807) is 0 Å². The topological polar surface area (TPSA) is 61.4 Å². The van der Waals surface area contributed by atoms with Gasteiger partial charge in [-0.05, 0) is 36.8 Å². The monoisotopic (exact) mass is 300 g/mol. The number of carbonyl (C=O) groups excluding carboxylic acids is 1. The summed E-state index contributed by atoms with van der Waals surface area (Å²) in [6.07, 6.45) is 2.26. The lowest BCUT2D eigenvalue weighted by Crippen LogP contribution is -2.39. The van der Waals surface area contributed by atoms with Gasteiger partial charge >= 0.3 is 6.03 Å². The van der Waals surface area contributed by atoms with Crippen LogP contribution in [0.25, 0.3) is 0 Å². The molecular formula is C15H22F2N2O2. The third-order valence-electron chi connectivity index (χ3n) is 3.94. The van der Waals surface area contributed by atoms with Crippen molar-refractivity contribution in [2.45, 2.75) is 33.1 Å². The maximum Gasteiger partial charge on any atom is 0.319 e. The summed E-state index contributed by atoms with van der Waals surface area (Å²) in [6.45, 7) is 4.49. The van der Waals surface area contributed by atoms with Gasteiger partial charge in [0.2, 0.25) is 0 Å². The first-order valence-corrected chi connectivity index (χ1v) is 7.07. The molecule has 0 atom stereocenters. The lowest BCUT2D eigenvalue weighted by Gasteiger charge is -2.31. The van der Waals surface area contributed by atoms with E-state index in [9.17, 15) is 13.6 Å². The van der Waals surface area contributed by atoms with Crippen LogP contribution in [0.5, 0.6) is 0 Å². The van der Waals surface area contributed by atoms with E-state index in [0.29, 0.717) is 13.0 Å². The van der Waals surface area contributed by atoms with Gasteiger partial charge in [-0.3, -0.25) is 0 Å². The van der Waals surface area contributed by atoms with Crippen molar-refractivity contribution in [3.8, 4) is 0 Å². The number of aliphatic hydroxyl groups is 1. The summed E-state index contributed by atoms with van der Waals surface area (Å²) in [5.41, 5.74) is 0.0345. The van der Waals surface area contributed by atoms with Gasteiger partial charge in [0.15, 0.2) is 11.6 Å². The molecule has 4 nitrogen and oxygen atoms in total. The maximum absolute atomic E-state index is 13.0. The fraction of sp³-hybridized carbons (Fsp3) is 0.533. The molecule has 118 valence electrons. The van der Waals surface area contributed by atoms with Crippen molar-refractivity contribution >= 4 is 11.7 Å². The second-order valence-corrected chi connectivity index (χ2v) is 5.12. The van der Waals surface area contributed by atoms with Crippen LogP contribution in [-0.2, 0) is 0 Å². The summed E-state index contributed by atoms with van der Waals surface area (Å²) in [5, 5.41) is 14.3. The van der Waals surface area contributed by atoms with Crippen molar-refractivity contribution in [2.75, 3.05) is 18.5 Å².